The molecule has 5 aromatic rings. The molecule has 0 radical (unpaired) electrons. The van der Waals surface area contributed by atoms with Crippen molar-refractivity contribution >= 4 is 78.6 Å². The first-order chi connectivity index (χ1) is 18.9. The van der Waals surface area contributed by atoms with Crippen molar-refractivity contribution in [1.29, 1.82) is 0 Å². The minimum absolute atomic E-state index is 0.178. The Morgan fingerprint density at radius 3 is 2.54 bits per heavy atom. The molecule has 0 bridgehead atoms. The first kappa shape index (κ1) is 26.4. The highest BCUT2D eigenvalue weighted by Gasteiger charge is 2.20. The van der Waals surface area contributed by atoms with Crippen LogP contribution >= 0.6 is 38.9 Å². The Hall–Kier alpha value is -4.25. The fourth-order valence-corrected chi connectivity index (χ4v) is 5.46. The van der Waals surface area contributed by atoms with Crippen molar-refractivity contribution in [3.63, 3.8) is 0 Å². The van der Waals surface area contributed by atoms with E-state index in [-0.39, 0.29) is 16.4 Å². The lowest BCUT2D eigenvalue weighted by atomic mass is 10.2. The van der Waals surface area contributed by atoms with Gasteiger partial charge >= 0.3 is 5.97 Å². The van der Waals surface area contributed by atoms with Crippen LogP contribution < -0.4 is 15.5 Å². The number of carbonyl (C=O) groups is 3. The van der Waals surface area contributed by atoms with E-state index in [0.29, 0.717) is 21.8 Å². The molecule has 0 saturated heterocycles. The molecule has 0 aliphatic heterocycles. The van der Waals surface area contributed by atoms with Gasteiger partial charge in [-0.15, -0.1) is 11.3 Å². The molecule has 194 valence electrons. The van der Waals surface area contributed by atoms with Crippen molar-refractivity contribution in [1.82, 2.24) is 5.43 Å². The number of anilines is 1. The average molecular weight is 623 g/mol. The number of hydrazone groups is 1. The van der Waals surface area contributed by atoms with Gasteiger partial charge in [-0.05, 0) is 60.7 Å². The first-order valence-corrected chi connectivity index (χ1v) is 13.3. The number of nitrogens with zero attached hydrogens (tertiary/aromatic N) is 1. The number of benzene rings is 3. The van der Waals surface area contributed by atoms with Crippen LogP contribution in [-0.2, 0) is 0 Å². The number of rotatable bonds is 7. The summed E-state index contributed by atoms with van der Waals surface area (Å²) in [4.78, 5) is 37.8. The molecular formula is C28H17BrClN3O5S. The third-order valence-electron chi connectivity index (χ3n) is 5.42. The van der Waals surface area contributed by atoms with Crippen LogP contribution in [0.5, 0.6) is 5.75 Å². The van der Waals surface area contributed by atoms with E-state index in [1.807, 2.05) is 18.2 Å². The molecule has 0 atom stereocenters. The van der Waals surface area contributed by atoms with Gasteiger partial charge in [-0.1, -0.05) is 45.7 Å². The molecule has 2 heterocycles. The number of fused-ring (bicyclic) bond motifs is 1. The molecule has 5 rings (SSSR count). The van der Waals surface area contributed by atoms with Gasteiger partial charge in [-0.3, -0.25) is 9.59 Å². The van der Waals surface area contributed by atoms with Gasteiger partial charge in [0.05, 0.1) is 17.5 Å². The van der Waals surface area contributed by atoms with Gasteiger partial charge in [0.1, 0.15) is 10.6 Å². The maximum absolute atomic E-state index is 12.9. The number of hydrogen-bond donors (Lipinski definition) is 2. The number of thiophene rings is 1. The van der Waals surface area contributed by atoms with Crippen molar-refractivity contribution < 1.29 is 23.5 Å². The van der Waals surface area contributed by atoms with Crippen molar-refractivity contribution in [3.8, 4) is 5.75 Å². The van der Waals surface area contributed by atoms with Gasteiger partial charge in [0.25, 0.3) is 11.8 Å². The smallest absolute Gasteiger partial charge is 0.355 e. The molecule has 0 unspecified atom stereocenters. The molecule has 0 aliphatic rings. The number of halogens is 2. The number of furan rings is 1. The highest BCUT2D eigenvalue weighted by molar-refractivity contribution is 9.10. The number of nitrogens with one attached hydrogen (secondary N) is 2. The number of ether oxygens (including phenoxy) is 1. The molecule has 0 spiro atoms. The van der Waals surface area contributed by atoms with E-state index < -0.39 is 17.8 Å². The summed E-state index contributed by atoms with van der Waals surface area (Å²) < 4.78 is 12.4. The summed E-state index contributed by atoms with van der Waals surface area (Å²) in [5.74, 6) is -1.03. The van der Waals surface area contributed by atoms with E-state index in [0.717, 1.165) is 14.6 Å². The van der Waals surface area contributed by atoms with E-state index >= 15 is 0 Å². The Labute approximate surface area is 239 Å². The van der Waals surface area contributed by atoms with Crippen molar-refractivity contribution in [2.24, 2.45) is 5.10 Å². The topological polar surface area (TPSA) is 110 Å². The zero-order chi connectivity index (χ0) is 27.4. The fraction of sp³-hybridized carbons (Fsp3) is 0. The van der Waals surface area contributed by atoms with Gasteiger partial charge in [-0.2, -0.15) is 5.10 Å². The standard InChI is InChI=1S/C28H17BrClN3O5S/c29-18-9-12-20-23(14-18)39-25(24(20)30)28(36)38-21-5-2-1-4-17(21)15-31-33-26(34)16-7-10-19(11-8-16)32-27(35)22-6-3-13-37-22/h1-15H,(H,32,35)(H,33,34)/b31-15-. The molecule has 3 aromatic carbocycles. The van der Waals surface area contributed by atoms with Crippen molar-refractivity contribution in [3.05, 3.63) is 116 Å². The SMILES string of the molecule is O=C(N/N=C\c1ccccc1OC(=O)c1sc2cc(Br)ccc2c1Cl)c1ccc(NC(=O)c2ccco2)cc1. The number of para-hydroxylation sites is 1. The molecule has 0 aliphatic carbocycles. The minimum Gasteiger partial charge on any atom is -0.459 e. The second-order valence-electron chi connectivity index (χ2n) is 8.02. The van der Waals surface area contributed by atoms with Gasteiger partial charge in [-0.25, -0.2) is 10.2 Å². The summed E-state index contributed by atoms with van der Waals surface area (Å²) in [7, 11) is 0. The van der Waals surface area contributed by atoms with Gasteiger partial charge < -0.3 is 14.5 Å². The van der Waals surface area contributed by atoms with Crippen LogP contribution in [0.3, 0.4) is 0 Å². The van der Waals surface area contributed by atoms with E-state index in [1.165, 1.54) is 23.8 Å². The van der Waals surface area contributed by atoms with E-state index in [4.69, 9.17) is 20.8 Å². The third-order valence-corrected chi connectivity index (χ3v) is 7.55. The minimum atomic E-state index is -0.596. The van der Waals surface area contributed by atoms with Crippen LogP contribution in [0.1, 0.15) is 36.1 Å². The van der Waals surface area contributed by atoms with Crippen LogP contribution in [0.15, 0.2) is 99.1 Å². The fourth-order valence-electron chi connectivity index (χ4n) is 3.53. The van der Waals surface area contributed by atoms with Crippen molar-refractivity contribution in [2.45, 2.75) is 0 Å². The Bertz CT molecular complexity index is 1720. The summed E-state index contributed by atoms with van der Waals surface area (Å²) in [6.07, 6.45) is 2.79. The summed E-state index contributed by atoms with van der Waals surface area (Å²) in [6, 6.07) is 21.8. The van der Waals surface area contributed by atoms with Crippen LogP contribution in [0.25, 0.3) is 10.1 Å². The second-order valence-corrected chi connectivity index (χ2v) is 10.4. The van der Waals surface area contributed by atoms with Crippen molar-refractivity contribution in [2.75, 3.05) is 5.32 Å². The molecule has 8 nitrogen and oxygen atoms in total. The molecule has 39 heavy (non-hydrogen) atoms. The number of esters is 1. The number of carbonyl (C=O) groups excluding carboxylic acids is 3. The largest absolute Gasteiger partial charge is 0.459 e. The van der Waals surface area contributed by atoms with E-state index in [1.54, 1.807) is 60.7 Å². The normalized spacial score (nSPS) is 11.0. The maximum Gasteiger partial charge on any atom is 0.355 e. The van der Waals surface area contributed by atoms with Crippen LogP contribution in [0, 0.1) is 0 Å². The highest BCUT2D eigenvalue weighted by Crippen LogP contribution is 2.37. The lowest BCUT2D eigenvalue weighted by Crippen LogP contribution is -2.18. The maximum atomic E-state index is 12.9. The Morgan fingerprint density at radius 2 is 1.77 bits per heavy atom. The monoisotopic (exact) mass is 621 g/mol. The summed E-state index contributed by atoms with van der Waals surface area (Å²) in [6.45, 7) is 0. The predicted octanol–water partition coefficient (Wildman–Crippen LogP) is 7.15. The Kier molecular flexibility index (Phi) is 7.87. The Morgan fingerprint density at radius 1 is 0.974 bits per heavy atom. The second kappa shape index (κ2) is 11.6. The molecule has 0 fully saturated rings. The van der Waals surface area contributed by atoms with Crippen LogP contribution in [0.2, 0.25) is 5.02 Å². The van der Waals surface area contributed by atoms with Gasteiger partial charge in [0.15, 0.2) is 5.76 Å². The number of amides is 2. The predicted molar refractivity (Wildman–Crippen MR) is 154 cm³/mol. The third kappa shape index (κ3) is 6.09. The molecule has 2 N–H and O–H groups in total. The zero-order valence-corrected chi connectivity index (χ0v) is 23.0. The van der Waals surface area contributed by atoms with Crippen LogP contribution in [0.4, 0.5) is 5.69 Å². The summed E-state index contributed by atoms with van der Waals surface area (Å²) >= 11 is 11.1. The van der Waals surface area contributed by atoms with Gasteiger partial charge in [0, 0.05) is 31.4 Å². The quantitative estimate of drug-likeness (QED) is 0.0867. The molecule has 2 aromatic heterocycles. The zero-order valence-electron chi connectivity index (χ0n) is 19.8. The lowest BCUT2D eigenvalue weighted by Gasteiger charge is -2.07. The molecule has 11 heteroatoms. The lowest BCUT2D eigenvalue weighted by molar-refractivity contribution is 0.0739. The average Bonchev–Trinajstić information content (AvgIpc) is 3.58. The van der Waals surface area contributed by atoms with E-state index in [2.05, 4.69) is 31.8 Å². The highest BCUT2D eigenvalue weighted by atomic mass is 79.9. The van der Waals surface area contributed by atoms with E-state index in [9.17, 15) is 14.4 Å². The summed E-state index contributed by atoms with van der Waals surface area (Å²) in [5, 5.41) is 7.77. The molecule has 2 amide bonds. The van der Waals surface area contributed by atoms with Gasteiger partial charge in [0.2, 0.25) is 0 Å². The first-order valence-electron chi connectivity index (χ1n) is 11.4. The Balaban J connectivity index is 1.23. The van der Waals surface area contributed by atoms with Crippen LogP contribution in [-0.4, -0.2) is 24.0 Å². The molecule has 0 saturated carbocycles. The molecular weight excluding hydrogens is 606 g/mol. The number of hydrogen-bond acceptors (Lipinski definition) is 7. The summed E-state index contributed by atoms with van der Waals surface area (Å²) in [5.41, 5.74) is 3.74.